The van der Waals surface area contributed by atoms with Crippen LogP contribution < -0.4 is 5.32 Å². The fourth-order valence-electron chi connectivity index (χ4n) is 6.41. The van der Waals surface area contributed by atoms with Gasteiger partial charge in [-0.2, -0.15) is 0 Å². The van der Waals surface area contributed by atoms with Crippen LogP contribution in [0.15, 0.2) is 67.0 Å². The summed E-state index contributed by atoms with van der Waals surface area (Å²) in [7, 11) is 0. The quantitative estimate of drug-likeness (QED) is 0.349. The standard InChI is InChI=1S/C26H21FN4O4/c27-17-7-10-20-19(13-17)26(25(33)29-20)23(24(32)16-3-1-11-28-14-16)22(21-4-2-12-30(21)26)15-5-8-18(9-6-15)31(34)35/h1,3,5-11,13-14,21-23H,2,4,12H2,(H,29,33)/t21?,22?,23?,26-/m1/s1. The molecule has 3 aliphatic heterocycles. The second kappa shape index (κ2) is 7.78. The molecular weight excluding hydrogens is 451 g/mol. The smallest absolute Gasteiger partial charge is 0.269 e. The first-order chi connectivity index (χ1) is 16.9. The summed E-state index contributed by atoms with van der Waals surface area (Å²) in [5.41, 5.74) is 0.618. The lowest BCUT2D eigenvalue weighted by Crippen LogP contribution is -2.52. The Morgan fingerprint density at radius 2 is 2.00 bits per heavy atom. The molecule has 2 saturated heterocycles. The molecule has 35 heavy (non-hydrogen) atoms. The number of nitro groups is 1. The van der Waals surface area contributed by atoms with Crippen molar-refractivity contribution in [2.24, 2.45) is 5.92 Å². The van der Waals surface area contributed by atoms with Crippen molar-refractivity contribution in [3.05, 3.63) is 99.6 Å². The molecule has 2 fully saturated rings. The first-order valence-electron chi connectivity index (χ1n) is 11.5. The minimum absolute atomic E-state index is 0.0501. The Morgan fingerprint density at radius 1 is 1.20 bits per heavy atom. The summed E-state index contributed by atoms with van der Waals surface area (Å²) in [6.07, 6.45) is 4.62. The number of carbonyl (C=O) groups is 2. The molecule has 1 N–H and O–H groups in total. The average molecular weight is 472 g/mol. The highest BCUT2D eigenvalue weighted by Crippen LogP contribution is 2.61. The van der Waals surface area contributed by atoms with Crippen LogP contribution in [0.5, 0.6) is 0 Å². The van der Waals surface area contributed by atoms with E-state index in [0.29, 0.717) is 23.4 Å². The zero-order valence-electron chi connectivity index (χ0n) is 18.6. The van der Waals surface area contributed by atoms with E-state index >= 15 is 0 Å². The predicted octanol–water partition coefficient (Wildman–Crippen LogP) is 4.04. The van der Waals surface area contributed by atoms with Crippen LogP contribution in [0.2, 0.25) is 0 Å². The number of halogens is 1. The number of ketones is 1. The number of anilines is 1. The molecule has 0 bridgehead atoms. The molecule has 9 heteroatoms. The molecule has 0 aliphatic carbocycles. The number of carbonyl (C=O) groups excluding carboxylic acids is 2. The van der Waals surface area contributed by atoms with E-state index in [1.807, 2.05) is 0 Å². The Kier molecular flexibility index (Phi) is 4.79. The fraction of sp³-hybridized carbons (Fsp3) is 0.269. The second-order valence-corrected chi connectivity index (χ2v) is 9.27. The zero-order chi connectivity index (χ0) is 24.3. The number of aromatic nitrogens is 1. The van der Waals surface area contributed by atoms with Gasteiger partial charge in [-0.05, 0) is 55.3 Å². The highest BCUT2D eigenvalue weighted by molar-refractivity contribution is 6.12. The van der Waals surface area contributed by atoms with Gasteiger partial charge in [0.2, 0.25) is 5.91 Å². The molecule has 1 spiro atoms. The molecule has 176 valence electrons. The molecule has 0 radical (unpaired) electrons. The van der Waals surface area contributed by atoms with Gasteiger partial charge in [-0.3, -0.25) is 29.6 Å². The third-order valence-corrected chi connectivity index (χ3v) is 7.68. The number of nitrogens with zero attached hydrogens (tertiary/aromatic N) is 3. The number of nitro benzene ring substituents is 1. The van der Waals surface area contributed by atoms with Crippen molar-refractivity contribution < 1.29 is 18.9 Å². The van der Waals surface area contributed by atoms with Crippen LogP contribution in [0.1, 0.15) is 40.2 Å². The van der Waals surface area contributed by atoms with Crippen molar-refractivity contribution in [1.82, 2.24) is 9.88 Å². The predicted molar refractivity (Wildman–Crippen MR) is 124 cm³/mol. The summed E-state index contributed by atoms with van der Waals surface area (Å²) in [6.45, 7) is 0.578. The molecule has 0 saturated carbocycles. The van der Waals surface area contributed by atoms with E-state index in [1.165, 1.54) is 36.5 Å². The van der Waals surface area contributed by atoms with Gasteiger partial charge in [0.1, 0.15) is 11.4 Å². The number of non-ortho nitro benzene ring substituents is 1. The van der Waals surface area contributed by atoms with Gasteiger partial charge in [0, 0.05) is 53.3 Å². The van der Waals surface area contributed by atoms with Gasteiger partial charge in [-0.1, -0.05) is 12.1 Å². The summed E-state index contributed by atoms with van der Waals surface area (Å²) in [5, 5.41) is 14.1. The van der Waals surface area contributed by atoms with Crippen LogP contribution >= 0.6 is 0 Å². The van der Waals surface area contributed by atoms with E-state index in [1.54, 1.807) is 30.5 Å². The zero-order valence-corrected chi connectivity index (χ0v) is 18.6. The average Bonchev–Trinajstić information content (AvgIpc) is 3.53. The minimum Gasteiger partial charge on any atom is -0.324 e. The summed E-state index contributed by atoms with van der Waals surface area (Å²) < 4.78 is 14.5. The van der Waals surface area contributed by atoms with Gasteiger partial charge in [0.15, 0.2) is 5.78 Å². The fourth-order valence-corrected chi connectivity index (χ4v) is 6.41. The number of Topliss-reactive ketones (excluding diaryl/α,β-unsaturated/α-hetero) is 1. The Hall–Kier alpha value is -3.98. The van der Waals surface area contributed by atoms with Gasteiger partial charge in [-0.15, -0.1) is 0 Å². The van der Waals surface area contributed by atoms with Crippen molar-refractivity contribution in [3.8, 4) is 0 Å². The molecule has 8 nitrogen and oxygen atoms in total. The molecule has 4 atom stereocenters. The molecule has 4 heterocycles. The third-order valence-electron chi connectivity index (χ3n) is 7.68. The Labute approximate surface area is 199 Å². The van der Waals surface area contributed by atoms with Crippen molar-refractivity contribution in [2.45, 2.75) is 30.3 Å². The lowest BCUT2D eigenvalue weighted by Gasteiger charge is -2.36. The number of amides is 1. The van der Waals surface area contributed by atoms with E-state index in [4.69, 9.17) is 0 Å². The molecule has 1 amide bonds. The highest BCUT2D eigenvalue weighted by Gasteiger charge is 2.69. The molecule has 6 rings (SSSR count). The number of nitrogens with one attached hydrogen (secondary N) is 1. The topological polar surface area (TPSA) is 105 Å². The normalized spacial score (nSPS) is 27.0. The van der Waals surface area contributed by atoms with E-state index in [9.17, 15) is 24.1 Å². The van der Waals surface area contributed by atoms with Crippen molar-refractivity contribution in [1.29, 1.82) is 0 Å². The van der Waals surface area contributed by atoms with E-state index in [0.717, 1.165) is 18.4 Å². The van der Waals surface area contributed by atoms with Crippen molar-refractivity contribution in [2.75, 3.05) is 11.9 Å². The maximum absolute atomic E-state index is 14.5. The van der Waals surface area contributed by atoms with Crippen molar-refractivity contribution >= 4 is 23.1 Å². The maximum atomic E-state index is 14.5. The largest absolute Gasteiger partial charge is 0.324 e. The number of hydrogen-bond acceptors (Lipinski definition) is 6. The maximum Gasteiger partial charge on any atom is 0.269 e. The first-order valence-corrected chi connectivity index (χ1v) is 11.5. The van der Waals surface area contributed by atoms with Gasteiger partial charge < -0.3 is 5.32 Å². The number of hydrogen-bond donors (Lipinski definition) is 1. The Bertz CT molecular complexity index is 1360. The molecule has 3 unspecified atom stereocenters. The minimum atomic E-state index is -1.39. The lowest BCUT2D eigenvalue weighted by atomic mass is 9.69. The van der Waals surface area contributed by atoms with Crippen LogP contribution in [-0.2, 0) is 10.3 Å². The lowest BCUT2D eigenvalue weighted by molar-refractivity contribution is -0.384. The van der Waals surface area contributed by atoms with Gasteiger partial charge in [-0.25, -0.2) is 4.39 Å². The third kappa shape index (κ3) is 2.97. The molecule has 3 aromatic rings. The number of benzene rings is 2. The van der Waals surface area contributed by atoms with Gasteiger partial charge in [0.25, 0.3) is 5.69 Å². The van der Waals surface area contributed by atoms with E-state index < -0.39 is 28.1 Å². The van der Waals surface area contributed by atoms with Crippen LogP contribution in [0.25, 0.3) is 0 Å². The number of pyridine rings is 1. The van der Waals surface area contributed by atoms with Crippen LogP contribution in [-0.4, -0.2) is 39.1 Å². The molecule has 1 aromatic heterocycles. The molecule has 2 aromatic carbocycles. The number of rotatable bonds is 4. The summed E-state index contributed by atoms with van der Waals surface area (Å²) in [6, 6.07) is 13.5. The van der Waals surface area contributed by atoms with Gasteiger partial charge in [0.05, 0.1) is 10.8 Å². The second-order valence-electron chi connectivity index (χ2n) is 9.27. The van der Waals surface area contributed by atoms with E-state index in [-0.39, 0.29) is 23.4 Å². The van der Waals surface area contributed by atoms with E-state index in [2.05, 4.69) is 15.2 Å². The van der Waals surface area contributed by atoms with Gasteiger partial charge >= 0.3 is 0 Å². The van der Waals surface area contributed by atoms with Crippen LogP contribution in [0.3, 0.4) is 0 Å². The van der Waals surface area contributed by atoms with Crippen LogP contribution in [0.4, 0.5) is 15.8 Å². The SMILES string of the molecule is O=C(c1cccnc1)C1C(c2ccc([N+](=O)[O-])cc2)C2CCCN2[C@@]12C(=O)Nc1ccc(F)cc12. The summed E-state index contributed by atoms with van der Waals surface area (Å²) in [5.74, 6) is -2.39. The Balaban J connectivity index is 1.60. The monoisotopic (exact) mass is 472 g/mol. The first kappa shape index (κ1) is 21.5. The van der Waals surface area contributed by atoms with Crippen LogP contribution in [0, 0.1) is 21.8 Å². The highest BCUT2D eigenvalue weighted by atomic mass is 19.1. The summed E-state index contributed by atoms with van der Waals surface area (Å²) in [4.78, 5) is 45.0. The molecular formula is C26H21FN4O4. The van der Waals surface area contributed by atoms with Crippen molar-refractivity contribution in [3.63, 3.8) is 0 Å². The summed E-state index contributed by atoms with van der Waals surface area (Å²) >= 11 is 0. The molecule has 3 aliphatic rings. The number of fused-ring (bicyclic) bond motifs is 4. The Morgan fingerprint density at radius 3 is 2.71 bits per heavy atom.